The number of carbonyl (C=O) groups is 2. The first-order chi connectivity index (χ1) is 14.4. The maximum Gasteiger partial charge on any atom is 0.259 e. The molecule has 2 aromatic carbocycles. The van der Waals surface area contributed by atoms with E-state index in [9.17, 15) is 14.0 Å². The van der Waals surface area contributed by atoms with Crippen LogP contribution in [0.15, 0.2) is 59.1 Å². The van der Waals surface area contributed by atoms with Crippen molar-refractivity contribution in [2.45, 2.75) is 13.8 Å². The fourth-order valence-electron chi connectivity index (χ4n) is 3.16. The predicted octanol–water partition coefficient (Wildman–Crippen LogP) is 4.55. The predicted molar refractivity (Wildman–Crippen MR) is 111 cm³/mol. The van der Waals surface area contributed by atoms with Crippen molar-refractivity contribution in [3.05, 3.63) is 71.7 Å². The number of rotatable bonds is 4. The van der Waals surface area contributed by atoms with Gasteiger partial charge in [-0.1, -0.05) is 23.4 Å². The molecule has 2 aromatic heterocycles. The van der Waals surface area contributed by atoms with E-state index < -0.39 is 11.7 Å². The molecular formula is C22H17FN4O3. The van der Waals surface area contributed by atoms with Gasteiger partial charge in [-0.25, -0.2) is 9.37 Å². The van der Waals surface area contributed by atoms with E-state index in [0.717, 1.165) is 0 Å². The van der Waals surface area contributed by atoms with Gasteiger partial charge in [-0.3, -0.25) is 9.59 Å². The summed E-state index contributed by atoms with van der Waals surface area (Å²) in [5.74, 6) is -1.12. The van der Waals surface area contributed by atoms with E-state index in [0.29, 0.717) is 22.5 Å². The molecule has 0 saturated heterocycles. The van der Waals surface area contributed by atoms with Gasteiger partial charge in [0.2, 0.25) is 5.91 Å². The minimum absolute atomic E-state index is 0.144. The van der Waals surface area contributed by atoms with Gasteiger partial charge in [-0.2, -0.15) is 0 Å². The molecule has 0 saturated carbocycles. The van der Waals surface area contributed by atoms with Gasteiger partial charge in [0.25, 0.3) is 11.6 Å². The summed E-state index contributed by atoms with van der Waals surface area (Å²) >= 11 is 0. The van der Waals surface area contributed by atoms with Crippen LogP contribution in [-0.4, -0.2) is 22.0 Å². The van der Waals surface area contributed by atoms with Crippen LogP contribution in [-0.2, 0) is 4.79 Å². The van der Waals surface area contributed by atoms with Crippen molar-refractivity contribution in [1.29, 1.82) is 0 Å². The number of nitrogens with zero attached hydrogens (tertiary/aromatic N) is 2. The minimum atomic E-state index is -0.463. The summed E-state index contributed by atoms with van der Waals surface area (Å²) in [6, 6.07) is 14.4. The zero-order valence-electron chi connectivity index (χ0n) is 16.2. The summed E-state index contributed by atoms with van der Waals surface area (Å²) in [7, 11) is 0. The molecule has 4 aromatic rings. The number of amides is 2. The SMILES string of the molecule is CC(=O)Nc1cccc(NC(=O)c2cc(-c3ccccc3F)nc3onc(C)c23)c1. The standard InChI is InChI=1S/C22H17FN4O3/c1-12-20-17(21(29)25-15-7-5-6-14(10-15)24-13(2)28)11-19(26-22(20)30-27-12)16-8-3-4-9-18(16)23/h3-11H,1-2H3,(H,24,28)(H,25,29). The minimum Gasteiger partial charge on any atom is -0.335 e. The molecule has 0 bridgehead atoms. The van der Waals surface area contributed by atoms with Crippen LogP contribution in [0.2, 0.25) is 0 Å². The van der Waals surface area contributed by atoms with Crippen molar-refractivity contribution in [2.24, 2.45) is 0 Å². The maximum atomic E-state index is 14.3. The number of hydrogen-bond donors (Lipinski definition) is 2. The van der Waals surface area contributed by atoms with Crippen LogP contribution >= 0.6 is 0 Å². The Morgan fingerprint density at radius 2 is 1.73 bits per heavy atom. The highest BCUT2D eigenvalue weighted by atomic mass is 19.1. The largest absolute Gasteiger partial charge is 0.335 e. The number of halogens is 1. The lowest BCUT2D eigenvalue weighted by Gasteiger charge is -2.10. The van der Waals surface area contributed by atoms with Gasteiger partial charge in [0.05, 0.1) is 22.3 Å². The van der Waals surface area contributed by atoms with E-state index >= 15 is 0 Å². The lowest BCUT2D eigenvalue weighted by Crippen LogP contribution is -2.14. The first-order valence-electron chi connectivity index (χ1n) is 9.13. The van der Waals surface area contributed by atoms with E-state index in [1.54, 1.807) is 49.4 Å². The van der Waals surface area contributed by atoms with Crippen LogP contribution in [0.1, 0.15) is 23.0 Å². The van der Waals surface area contributed by atoms with Gasteiger partial charge in [0, 0.05) is 23.9 Å². The zero-order valence-corrected chi connectivity index (χ0v) is 16.2. The van der Waals surface area contributed by atoms with Crippen molar-refractivity contribution in [2.75, 3.05) is 10.6 Å². The van der Waals surface area contributed by atoms with Crippen molar-refractivity contribution in [1.82, 2.24) is 10.1 Å². The molecular weight excluding hydrogens is 387 g/mol. The summed E-state index contributed by atoms with van der Waals surface area (Å²) in [5, 5.41) is 9.80. The summed E-state index contributed by atoms with van der Waals surface area (Å²) in [6.07, 6.45) is 0. The molecule has 150 valence electrons. The molecule has 2 amide bonds. The topological polar surface area (TPSA) is 97.1 Å². The van der Waals surface area contributed by atoms with Gasteiger partial charge in [0.15, 0.2) is 0 Å². The fourth-order valence-corrected chi connectivity index (χ4v) is 3.16. The molecule has 0 aliphatic heterocycles. The highest BCUT2D eigenvalue weighted by Crippen LogP contribution is 2.29. The number of pyridine rings is 1. The highest BCUT2D eigenvalue weighted by molar-refractivity contribution is 6.13. The van der Waals surface area contributed by atoms with Gasteiger partial charge >= 0.3 is 0 Å². The van der Waals surface area contributed by atoms with Crippen LogP contribution in [0, 0.1) is 12.7 Å². The van der Waals surface area contributed by atoms with Crippen LogP contribution in [0.25, 0.3) is 22.4 Å². The van der Waals surface area contributed by atoms with Gasteiger partial charge in [-0.05, 0) is 43.3 Å². The quantitative estimate of drug-likeness (QED) is 0.520. The molecule has 0 radical (unpaired) electrons. The Morgan fingerprint density at radius 1 is 1.00 bits per heavy atom. The summed E-state index contributed by atoms with van der Waals surface area (Å²) in [6.45, 7) is 3.10. The number of aryl methyl sites for hydroxylation is 1. The second-order valence-corrected chi connectivity index (χ2v) is 6.70. The maximum absolute atomic E-state index is 14.3. The summed E-state index contributed by atoms with van der Waals surface area (Å²) in [4.78, 5) is 28.7. The average Bonchev–Trinajstić information content (AvgIpc) is 3.08. The van der Waals surface area contributed by atoms with Gasteiger partial charge in [-0.15, -0.1) is 0 Å². The van der Waals surface area contributed by atoms with Crippen molar-refractivity contribution < 1.29 is 18.5 Å². The molecule has 30 heavy (non-hydrogen) atoms. The van der Waals surface area contributed by atoms with E-state index in [-0.39, 0.29) is 28.4 Å². The number of fused-ring (bicyclic) bond motifs is 1. The third-order valence-electron chi connectivity index (χ3n) is 4.45. The van der Waals surface area contributed by atoms with Gasteiger partial charge in [0.1, 0.15) is 5.82 Å². The van der Waals surface area contributed by atoms with Gasteiger partial charge < -0.3 is 15.2 Å². The summed E-state index contributed by atoms with van der Waals surface area (Å²) < 4.78 is 19.5. The second-order valence-electron chi connectivity index (χ2n) is 6.70. The van der Waals surface area contributed by atoms with Crippen molar-refractivity contribution >= 4 is 34.3 Å². The van der Waals surface area contributed by atoms with Crippen LogP contribution in [0.3, 0.4) is 0 Å². The summed E-state index contributed by atoms with van der Waals surface area (Å²) in [5.41, 5.74) is 2.43. The van der Waals surface area contributed by atoms with Crippen molar-refractivity contribution in [3.8, 4) is 11.3 Å². The molecule has 0 fully saturated rings. The van der Waals surface area contributed by atoms with Crippen molar-refractivity contribution in [3.63, 3.8) is 0 Å². The molecule has 0 spiro atoms. The molecule has 7 nitrogen and oxygen atoms in total. The Kier molecular flexibility index (Phi) is 4.97. The third kappa shape index (κ3) is 3.75. The van der Waals surface area contributed by atoms with E-state index in [1.807, 2.05) is 0 Å². The lowest BCUT2D eigenvalue weighted by molar-refractivity contribution is -0.114. The number of aromatic nitrogens is 2. The molecule has 0 atom stereocenters. The lowest BCUT2D eigenvalue weighted by atomic mass is 10.0. The molecule has 2 N–H and O–H groups in total. The zero-order chi connectivity index (χ0) is 21.3. The number of carbonyl (C=O) groups excluding carboxylic acids is 2. The molecule has 2 heterocycles. The molecule has 0 aliphatic carbocycles. The molecule has 0 aliphatic rings. The number of hydrogen-bond acceptors (Lipinski definition) is 5. The average molecular weight is 404 g/mol. The van der Waals surface area contributed by atoms with Crippen LogP contribution in [0.4, 0.5) is 15.8 Å². The Balaban J connectivity index is 1.76. The number of benzene rings is 2. The highest BCUT2D eigenvalue weighted by Gasteiger charge is 2.20. The second kappa shape index (κ2) is 7.75. The van der Waals surface area contributed by atoms with E-state index in [4.69, 9.17) is 4.52 Å². The Hall–Kier alpha value is -4.07. The number of anilines is 2. The smallest absolute Gasteiger partial charge is 0.259 e. The Labute approximate surface area is 170 Å². The first-order valence-corrected chi connectivity index (χ1v) is 9.13. The monoisotopic (exact) mass is 404 g/mol. The molecule has 4 rings (SSSR count). The Morgan fingerprint density at radius 3 is 2.47 bits per heavy atom. The van der Waals surface area contributed by atoms with Crippen LogP contribution in [0.5, 0.6) is 0 Å². The van der Waals surface area contributed by atoms with E-state index in [1.165, 1.54) is 19.1 Å². The van der Waals surface area contributed by atoms with E-state index in [2.05, 4.69) is 20.8 Å². The van der Waals surface area contributed by atoms with Crippen LogP contribution < -0.4 is 10.6 Å². The first kappa shape index (κ1) is 19.3. The third-order valence-corrected chi connectivity index (χ3v) is 4.45. The molecule has 8 heteroatoms. The fraction of sp³-hybridized carbons (Fsp3) is 0.0909. The molecule has 0 unspecified atom stereocenters. The number of nitrogens with one attached hydrogen (secondary N) is 2. The Bertz CT molecular complexity index is 1280. The normalized spacial score (nSPS) is 10.8.